The quantitative estimate of drug-likeness (QED) is 0.689. The van der Waals surface area contributed by atoms with Gasteiger partial charge in [-0.2, -0.15) is 0 Å². The van der Waals surface area contributed by atoms with Crippen molar-refractivity contribution >= 4 is 5.78 Å². The molecule has 0 spiro atoms. The van der Waals surface area contributed by atoms with Crippen LogP contribution in [0, 0.1) is 6.92 Å². The Kier molecular flexibility index (Phi) is 4.10. The number of hydrogen-bond donors (Lipinski definition) is 0. The van der Waals surface area contributed by atoms with Crippen molar-refractivity contribution in [2.75, 3.05) is 7.11 Å². The number of Topliss-reactive ketones (excluding diaryl/α,β-unsaturated/α-hetero) is 1. The zero-order valence-electron chi connectivity index (χ0n) is 9.25. The van der Waals surface area contributed by atoms with Crippen LogP contribution in [0.1, 0.15) is 17.5 Å². The Morgan fingerprint density at radius 3 is 2.87 bits per heavy atom. The second kappa shape index (κ2) is 5.35. The lowest BCUT2D eigenvalue weighted by Gasteiger charge is -2.08. The number of rotatable bonds is 5. The molecule has 1 aromatic carbocycles. The highest BCUT2D eigenvalue weighted by Gasteiger charge is 2.07. The first-order chi connectivity index (χ1) is 7.17. The molecule has 1 rings (SSSR count). The molecule has 0 amide bonds. The number of methoxy groups -OCH3 is 1. The molecule has 0 saturated carbocycles. The van der Waals surface area contributed by atoms with Crippen LogP contribution in [0.25, 0.3) is 0 Å². The lowest BCUT2D eigenvalue weighted by atomic mass is 10.0. The third kappa shape index (κ3) is 3.24. The second-order valence-electron chi connectivity index (χ2n) is 3.52. The Bertz CT molecular complexity index is 367. The van der Waals surface area contributed by atoms with Crippen molar-refractivity contribution in [2.24, 2.45) is 0 Å². The van der Waals surface area contributed by atoms with E-state index in [4.69, 9.17) is 4.74 Å². The molecule has 0 N–H and O–H groups in total. The largest absolute Gasteiger partial charge is 0.496 e. The van der Waals surface area contributed by atoms with E-state index in [2.05, 4.69) is 6.58 Å². The molecule has 0 aliphatic rings. The minimum absolute atomic E-state index is 0.161. The Morgan fingerprint density at radius 2 is 2.27 bits per heavy atom. The molecule has 0 unspecified atom stereocenters. The Balaban J connectivity index is 2.86. The molecular formula is C13H16O2. The lowest BCUT2D eigenvalue weighted by molar-refractivity contribution is -0.117. The summed E-state index contributed by atoms with van der Waals surface area (Å²) in [5, 5.41) is 0. The van der Waals surface area contributed by atoms with Crippen LogP contribution in [-0.2, 0) is 11.2 Å². The van der Waals surface area contributed by atoms with Crippen molar-refractivity contribution in [1.82, 2.24) is 0 Å². The molecule has 2 heteroatoms. The minimum Gasteiger partial charge on any atom is -0.496 e. The first kappa shape index (κ1) is 11.5. The molecular weight excluding hydrogens is 188 g/mol. The molecule has 1 aromatic rings. The van der Waals surface area contributed by atoms with E-state index in [9.17, 15) is 4.79 Å². The normalized spacial score (nSPS) is 9.73. The smallest absolute Gasteiger partial charge is 0.141 e. The topological polar surface area (TPSA) is 26.3 Å². The number of ketones is 1. The summed E-state index contributed by atoms with van der Waals surface area (Å²) in [5.41, 5.74) is 2.08. The van der Waals surface area contributed by atoms with Crippen molar-refractivity contribution in [3.05, 3.63) is 42.0 Å². The van der Waals surface area contributed by atoms with E-state index < -0.39 is 0 Å². The highest BCUT2D eigenvalue weighted by Crippen LogP contribution is 2.20. The van der Waals surface area contributed by atoms with Gasteiger partial charge in [-0.3, -0.25) is 4.79 Å². The van der Waals surface area contributed by atoms with Crippen LogP contribution in [0.3, 0.4) is 0 Å². The lowest BCUT2D eigenvalue weighted by Crippen LogP contribution is -2.03. The molecule has 0 atom stereocenters. The maximum Gasteiger partial charge on any atom is 0.141 e. The summed E-state index contributed by atoms with van der Waals surface area (Å²) in [6, 6.07) is 5.85. The first-order valence-electron chi connectivity index (χ1n) is 4.93. The van der Waals surface area contributed by atoms with Crippen LogP contribution in [0.4, 0.5) is 0 Å². The van der Waals surface area contributed by atoms with Crippen LogP contribution >= 0.6 is 0 Å². The fourth-order valence-corrected chi connectivity index (χ4v) is 1.49. The van der Waals surface area contributed by atoms with Gasteiger partial charge in [0, 0.05) is 18.4 Å². The van der Waals surface area contributed by atoms with Crippen molar-refractivity contribution in [1.29, 1.82) is 0 Å². The zero-order valence-corrected chi connectivity index (χ0v) is 9.25. The number of ether oxygens (including phenoxy) is 1. The van der Waals surface area contributed by atoms with Gasteiger partial charge in [-0.05, 0) is 13.0 Å². The molecule has 0 aromatic heterocycles. The van der Waals surface area contributed by atoms with Crippen molar-refractivity contribution in [3.63, 3.8) is 0 Å². The van der Waals surface area contributed by atoms with Gasteiger partial charge in [0.25, 0.3) is 0 Å². The van der Waals surface area contributed by atoms with Crippen LogP contribution in [0.5, 0.6) is 5.75 Å². The van der Waals surface area contributed by atoms with Gasteiger partial charge in [-0.15, -0.1) is 6.58 Å². The summed E-state index contributed by atoms with van der Waals surface area (Å²) < 4.78 is 5.20. The van der Waals surface area contributed by atoms with Gasteiger partial charge < -0.3 is 4.74 Å². The van der Waals surface area contributed by atoms with Crippen molar-refractivity contribution in [2.45, 2.75) is 19.8 Å². The third-order valence-electron chi connectivity index (χ3n) is 2.20. The average Bonchev–Trinajstić information content (AvgIpc) is 2.18. The van der Waals surface area contributed by atoms with Gasteiger partial charge >= 0.3 is 0 Å². The zero-order chi connectivity index (χ0) is 11.3. The van der Waals surface area contributed by atoms with Gasteiger partial charge in [0.15, 0.2) is 0 Å². The Morgan fingerprint density at radius 1 is 1.53 bits per heavy atom. The molecule has 80 valence electrons. The number of carbonyl (C=O) groups is 1. The van der Waals surface area contributed by atoms with E-state index in [1.54, 1.807) is 13.2 Å². The molecule has 0 aliphatic heterocycles. The van der Waals surface area contributed by atoms with E-state index in [0.717, 1.165) is 16.9 Å². The number of carbonyl (C=O) groups excluding carboxylic acids is 1. The molecule has 0 radical (unpaired) electrons. The third-order valence-corrected chi connectivity index (χ3v) is 2.20. The number of benzene rings is 1. The summed E-state index contributed by atoms with van der Waals surface area (Å²) in [5.74, 6) is 0.937. The van der Waals surface area contributed by atoms with Crippen LogP contribution in [0.15, 0.2) is 30.9 Å². The van der Waals surface area contributed by atoms with E-state index >= 15 is 0 Å². The maximum absolute atomic E-state index is 11.5. The maximum atomic E-state index is 11.5. The summed E-state index contributed by atoms with van der Waals surface area (Å²) in [6.45, 7) is 5.55. The van der Waals surface area contributed by atoms with Gasteiger partial charge in [0.1, 0.15) is 11.5 Å². The monoisotopic (exact) mass is 204 g/mol. The molecule has 0 heterocycles. The molecule has 15 heavy (non-hydrogen) atoms. The summed E-state index contributed by atoms with van der Waals surface area (Å²) in [7, 11) is 1.62. The average molecular weight is 204 g/mol. The number of hydrogen-bond acceptors (Lipinski definition) is 2. The fraction of sp³-hybridized carbons (Fsp3) is 0.308. The highest BCUT2D eigenvalue weighted by atomic mass is 16.5. The Hall–Kier alpha value is -1.57. The fourth-order valence-electron chi connectivity index (χ4n) is 1.49. The summed E-state index contributed by atoms with van der Waals surface area (Å²) in [4.78, 5) is 11.5. The second-order valence-corrected chi connectivity index (χ2v) is 3.52. The number of allylic oxidation sites excluding steroid dienone is 1. The van der Waals surface area contributed by atoms with Crippen molar-refractivity contribution < 1.29 is 9.53 Å². The minimum atomic E-state index is 0.161. The van der Waals surface area contributed by atoms with Gasteiger partial charge in [0.2, 0.25) is 0 Å². The van der Waals surface area contributed by atoms with E-state index in [1.165, 1.54) is 0 Å². The Labute approximate surface area is 90.6 Å². The van der Waals surface area contributed by atoms with Crippen molar-refractivity contribution in [3.8, 4) is 5.75 Å². The van der Waals surface area contributed by atoms with E-state index in [1.807, 2.05) is 25.1 Å². The summed E-state index contributed by atoms with van der Waals surface area (Å²) in [6.07, 6.45) is 2.46. The molecule has 2 nitrogen and oxygen atoms in total. The molecule has 0 saturated heterocycles. The van der Waals surface area contributed by atoms with E-state index in [-0.39, 0.29) is 5.78 Å². The standard InChI is InChI=1S/C13H16O2/c1-4-5-12(14)9-11-8-10(2)6-7-13(11)15-3/h4,6-8H,1,5,9H2,2-3H3. The SMILES string of the molecule is C=CCC(=O)Cc1cc(C)ccc1OC. The highest BCUT2D eigenvalue weighted by molar-refractivity contribution is 5.82. The van der Waals surface area contributed by atoms with Crippen LogP contribution in [-0.4, -0.2) is 12.9 Å². The predicted octanol–water partition coefficient (Wildman–Crippen LogP) is 2.69. The van der Waals surface area contributed by atoms with Crippen LogP contribution < -0.4 is 4.74 Å². The predicted molar refractivity (Wildman–Crippen MR) is 61.3 cm³/mol. The van der Waals surface area contributed by atoms with Gasteiger partial charge in [-0.1, -0.05) is 23.8 Å². The first-order valence-corrected chi connectivity index (χ1v) is 4.93. The molecule has 0 bridgehead atoms. The summed E-state index contributed by atoms with van der Waals surface area (Å²) >= 11 is 0. The van der Waals surface area contributed by atoms with Gasteiger partial charge in [-0.25, -0.2) is 0 Å². The molecule has 0 aliphatic carbocycles. The number of aryl methyl sites for hydroxylation is 1. The van der Waals surface area contributed by atoms with Crippen LogP contribution in [0.2, 0.25) is 0 Å². The van der Waals surface area contributed by atoms with Gasteiger partial charge in [0.05, 0.1) is 7.11 Å². The van der Waals surface area contributed by atoms with E-state index in [0.29, 0.717) is 12.8 Å². The molecule has 0 fully saturated rings.